The first kappa shape index (κ1) is 18.2. The zero-order valence-corrected chi connectivity index (χ0v) is 15.0. The van der Waals surface area contributed by atoms with E-state index in [1.165, 1.54) is 0 Å². The van der Waals surface area contributed by atoms with Crippen LogP contribution in [0.25, 0.3) is 0 Å². The highest BCUT2D eigenvalue weighted by atomic mass is 79.9. The Bertz CT molecular complexity index is 917. The van der Waals surface area contributed by atoms with Crippen molar-refractivity contribution < 1.29 is 23.2 Å². The smallest absolute Gasteiger partial charge is 0.261 e. The lowest BCUT2D eigenvalue weighted by Crippen LogP contribution is -2.31. The average molecular weight is 423 g/mol. The Morgan fingerprint density at radius 1 is 1.04 bits per heavy atom. The van der Waals surface area contributed by atoms with E-state index in [1.807, 2.05) is 0 Å². The van der Waals surface area contributed by atoms with Gasteiger partial charge in [-0.3, -0.25) is 19.3 Å². The van der Waals surface area contributed by atoms with Crippen molar-refractivity contribution in [3.63, 3.8) is 0 Å². The largest absolute Gasteiger partial charge is 0.324 e. The van der Waals surface area contributed by atoms with E-state index in [4.69, 9.17) is 0 Å². The molecule has 2 aromatic rings. The lowest BCUT2D eigenvalue weighted by molar-refractivity contribution is -0.116. The first-order chi connectivity index (χ1) is 12.4. The zero-order chi connectivity index (χ0) is 18.8. The predicted molar refractivity (Wildman–Crippen MR) is 93.7 cm³/mol. The minimum atomic E-state index is -0.745. The lowest BCUT2D eigenvalue weighted by Gasteiger charge is -2.13. The third kappa shape index (κ3) is 3.65. The number of carbonyl (C=O) groups is 3. The maximum absolute atomic E-state index is 13.5. The van der Waals surface area contributed by atoms with Crippen LogP contribution in [0.15, 0.2) is 40.9 Å². The van der Waals surface area contributed by atoms with Crippen molar-refractivity contribution in [2.24, 2.45) is 0 Å². The van der Waals surface area contributed by atoms with Gasteiger partial charge in [-0.1, -0.05) is 15.9 Å². The fourth-order valence-corrected chi connectivity index (χ4v) is 3.03. The summed E-state index contributed by atoms with van der Waals surface area (Å²) < 4.78 is 27.3. The summed E-state index contributed by atoms with van der Waals surface area (Å²) in [6.07, 6.45) is 0.155. The molecule has 1 heterocycles. The van der Waals surface area contributed by atoms with Crippen molar-refractivity contribution >= 4 is 39.3 Å². The average Bonchev–Trinajstić information content (AvgIpc) is 2.82. The molecule has 0 radical (unpaired) electrons. The summed E-state index contributed by atoms with van der Waals surface area (Å²) in [6, 6.07) is 7.57. The van der Waals surface area contributed by atoms with Gasteiger partial charge in [-0.2, -0.15) is 0 Å². The highest BCUT2D eigenvalue weighted by Crippen LogP contribution is 2.26. The molecular formula is C18H13BrF2N2O3. The molecular weight excluding hydrogens is 410 g/mol. The Morgan fingerprint density at radius 2 is 1.77 bits per heavy atom. The summed E-state index contributed by atoms with van der Waals surface area (Å²) in [7, 11) is 0. The highest BCUT2D eigenvalue weighted by molar-refractivity contribution is 9.10. The molecule has 8 heteroatoms. The number of rotatable bonds is 5. The van der Waals surface area contributed by atoms with E-state index >= 15 is 0 Å². The second-order valence-electron chi connectivity index (χ2n) is 5.73. The van der Waals surface area contributed by atoms with E-state index < -0.39 is 29.4 Å². The lowest BCUT2D eigenvalue weighted by atomic mass is 10.1. The molecule has 134 valence electrons. The number of hydrogen-bond acceptors (Lipinski definition) is 3. The normalized spacial score (nSPS) is 13.1. The third-order valence-electron chi connectivity index (χ3n) is 3.92. The first-order valence-corrected chi connectivity index (χ1v) is 8.57. The van der Waals surface area contributed by atoms with Crippen LogP contribution in [0.4, 0.5) is 14.5 Å². The van der Waals surface area contributed by atoms with E-state index in [0.29, 0.717) is 15.6 Å². The topological polar surface area (TPSA) is 66.5 Å². The number of hydrogen-bond donors (Lipinski definition) is 1. The van der Waals surface area contributed by atoms with E-state index in [1.54, 1.807) is 18.2 Å². The minimum absolute atomic E-state index is 0.0486. The molecule has 3 amide bonds. The molecule has 0 aromatic heterocycles. The van der Waals surface area contributed by atoms with Crippen molar-refractivity contribution in [2.45, 2.75) is 12.8 Å². The number of benzene rings is 2. The summed E-state index contributed by atoms with van der Waals surface area (Å²) >= 11 is 3.25. The van der Waals surface area contributed by atoms with Gasteiger partial charge in [-0.15, -0.1) is 0 Å². The SMILES string of the molecule is O=C(CCCN1C(=O)c2ccc(Br)cc2C1=O)Nc1cc(F)ccc1F. The van der Waals surface area contributed by atoms with Gasteiger partial charge in [0.1, 0.15) is 11.6 Å². The van der Waals surface area contributed by atoms with Crippen molar-refractivity contribution in [2.75, 3.05) is 11.9 Å². The molecule has 1 aliphatic heterocycles. The van der Waals surface area contributed by atoms with Crippen molar-refractivity contribution in [3.05, 3.63) is 63.6 Å². The van der Waals surface area contributed by atoms with Crippen molar-refractivity contribution in [3.8, 4) is 0 Å². The molecule has 3 rings (SSSR count). The molecule has 0 unspecified atom stereocenters. The van der Waals surface area contributed by atoms with Crippen LogP contribution in [-0.4, -0.2) is 29.2 Å². The number of amides is 3. The van der Waals surface area contributed by atoms with Gasteiger partial charge >= 0.3 is 0 Å². The van der Waals surface area contributed by atoms with Crippen LogP contribution in [-0.2, 0) is 4.79 Å². The van der Waals surface area contributed by atoms with Gasteiger partial charge in [-0.05, 0) is 36.8 Å². The van der Waals surface area contributed by atoms with E-state index in [2.05, 4.69) is 21.2 Å². The van der Waals surface area contributed by atoms with Crippen LogP contribution < -0.4 is 5.32 Å². The Hall–Kier alpha value is -2.61. The molecule has 26 heavy (non-hydrogen) atoms. The summed E-state index contributed by atoms with van der Waals surface area (Å²) in [5.41, 5.74) is 0.390. The number of anilines is 1. The van der Waals surface area contributed by atoms with Gasteiger partial charge in [0.15, 0.2) is 0 Å². The molecule has 1 N–H and O–H groups in total. The molecule has 0 fully saturated rings. The molecule has 0 saturated carbocycles. The fraction of sp³-hybridized carbons (Fsp3) is 0.167. The van der Waals surface area contributed by atoms with Crippen LogP contribution in [0.1, 0.15) is 33.6 Å². The predicted octanol–water partition coefficient (Wildman–Crippen LogP) is 3.74. The van der Waals surface area contributed by atoms with Gasteiger partial charge < -0.3 is 5.32 Å². The monoisotopic (exact) mass is 422 g/mol. The molecule has 2 aromatic carbocycles. The standard InChI is InChI=1S/C18H13BrF2N2O3/c19-10-3-5-12-13(8-10)18(26)23(17(12)25)7-1-2-16(24)22-15-9-11(20)4-6-14(15)21/h3-6,8-9H,1-2,7H2,(H,22,24). The van der Waals surface area contributed by atoms with Crippen LogP contribution in [0.2, 0.25) is 0 Å². The molecule has 0 spiro atoms. The summed E-state index contributed by atoms with van der Waals surface area (Å²) in [4.78, 5) is 37.5. The second kappa shape index (κ2) is 7.33. The number of carbonyl (C=O) groups excluding carboxylic acids is 3. The number of nitrogens with one attached hydrogen (secondary N) is 1. The highest BCUT2D eigenvalue weighted by Gasteiger charge is 2.35. The Kier molecular flexibility index (Phi) is 5.13. The van der Waals surface area contributed by atoms with Gasteiger partial charge in [0.25, 0.3) is 11.8 Å². The second-order valence-corrected chi connectivity index (χ2v) is 6.64. The van der Waals surface area contributed by atoms with Crippen LogP contribution >= 0.6 is 15.9 Å². The van der Waals surface area contributed by atoms with Gasteiger partial charge in [0.2, 0.25) is 5.91 Å². The maximum atomic E-state index is 13.5. The summed E-state index contributed by atoms with van der Waals surface area (Å²) in [5.74, 6) is -2.77. The number of halogens is 3. The first-order valence-electron chi connectivity index (χ1n) is 7.77. The fourth-order valence-electron chi connectivity index (χ4n) is 2.67. The molecule has 5 nitrogen and oxygen atoms in total. The molecule has 1 aliphatic rings. The Morgan fingerprint density at radius 3 is 2.54 bits per heavy atom. The molecule has 0 saturated heterocycles. The maximum Gasteiger partial charge on any atom is 0.261 e. The van der Waals surface area contributed by atoms with Crippen LogP contribution in [0.5, 0.6) is 0 Å². The van der Waals surface area contributed by atoms with Crippen LogP contribution in [0, 0.1) is 11.6 Å². The van der Waals surface area contributed by atoms with E-state index in [-0.39, 0.29) is 25.1 Å². The Balaban J connectivity index is 1.57. The van der Waals surface area contributed by atoms with E-state index in [0.717, 1.165) is 23.1 Å². The Labute approximate surface area is 156 Å². The number of nitrogens with zero attached hydrogens (tertiary/aromatic N) is 1. The molecule has 0 aliphatic carbocycles. The zero-order valence-electron chi connectivity index (χ0n) is 13.4. The van der Waals surface area contributed by atoms with E-state index in [9.17, 15) is 23.2 Å². The van der Waals surface area contributed by atoms with Gasteiger partial charge in [0.05, 0.1) is 16.8 Å². The molecule has 0 bridgehead atoms. The van der Waals surface area contributed by atoms with Crippen LogP contribution in [0.3, 0.4) is 0 Å². The number of fused-ring (bicyclic) bond motifs is 1. The summed E-state index contributed by atoms with van der Waals surface area (Å²) in [5, 5.41) is 2.27. The minimum Gasteiger partial charge on any atom is -0.324 e. The quantitative estimate of drug-likeness (QED) is 0.746. The van der Waals surface area contributed by atoms with Gasteiger partial charge in [0, 0.05) is 23.5 Å². The van der Waals surface area contributed by atoms with Crippen molar-refractivity contribution in [1.29, 1.82) is 0 Å². The van der Waals surface area contributed by atoms with Crippen molar-refractivity contribution in [1.82, 2.24) is 4.90 Å². The third-order valence-corrected chi connectivity index (χ3v) is 4.41. The summed E-state index contributed by atoms with van der Waals surface area (Å²) in [6.45, 7) is 0.0586. The van der Waals surface area contributed by atoms with Gasteiger partial charge in [-0.25, -0.2) is 8.78 Å². The molecule has 0 atom stereocenters. The number of imide groups is 1.